The first kappa shape index (κ1) is 25.0. The third-order valence-corrected chi connectivity index (χ3v) is 2.90. The highest BCUT2D eigenvalue weighted by molar-refractivity contribution is 5.67. The van der Waals surface area contributed by atoms with Crippen molar-refractivity contribution >= 4 is 6.09 Å². The van der Waals surface area contributed by atoms with Gasteiger partial charge >= 0.3 is 6.09 Å². The number of carbonyl (C=O) groups excluding carboxylic acids is 1. The summed E-state index contributed by atoms with van der Waals surface area (Å²) in [5.74, 6) is 1.03. The Kier molecular flexibility index (Phi) is 13.0. The van der Waals surface area contributed by atoms with Gasteiger partial charge in [-0.2, -0.15) is 0 Å². The quantitative estimate of drug-likeness (QED) is 0.649. The van der Waals surface area contributed by atoms with Gasteiger partial charge in [-0.05, 0) is 38.8 Å². The Hall–Kier alpha value is -2.02. The molecule has 0 saturated carbocycles. The Morgan fingerprint density at radius 2 is 1.85 bits per heavy atom. The molecule has 0 aromatic carbocycles. The largest absolute Gasteiger partial charge is 0.488 e. The van der Waals surface area contributed by atoms with Crippen LogP contribution in [0, 0.1) is 0 Å². The van der Waals surface area contributed by atoms with Crippen molar-refractivity contribution in [1.82, 2.24) is 10.3 Å². The van der Waals surface area contributed by atoms with Crippen LogP contribution in [0.3, 0.4) is 0 Å². The smallest absolute Gasteiger partial charge is 0.407 e. The van der Waals surface area contributed by atoms with Crippen molar-refractivity contribution < 1.29 is 23.7 Å². The van der Waals surface area contributed by atoms with E-state index in [4.69, 9.17) is 18.9 Å². The summed E-state index contributed by atoms with van der Waals surface area (Å²) >= 11 is 0. The van der Waals surface area contributed by atoms with E-state index in [-0.39, 0.29) is 0 Å². The molecule has 7 nitrogen and oxygen atoms in total. The van der Waals surface area contributed by atoms with E-state index in [1.54, 1.807) is 20.4 Å². The van der Waals surface area contributed by atoms with Gasteiger partial charge in [-0.15, -0.1) is 0 Å². The standard InChI is InChI=1S/C17H28N2O5.C3H8/c1-17(2,3)24-16(20)18-8-7-13-11-14(15(22-5)19-12-13)23-10-6-9-21-4;1-3-2/h11-12H,6-10H2,1-5H3,(H,18,20);3H2,1-2H3. The second-order valence-electron chi connectivity index (χ2n) is 6.93. The van der Waals surface area contributed by atoms with E-state index in [0.29, 0.717) is 37.8 Å². The minimum Gasteiger partial charge on any atom is -0.488 e. The van der Waals surface area contributed by atoms with Crippen molar-refractivity contribution in [2.45, 2.75) is 59.5 Å². The number of hydrogen-bond acceptors (Lipinski definition) is 6. The molecule has 0 radical (unpaired) electrons. The van der Waals surface area contributed by atoms with Crippen LogP contribution < -0.4 is 14.8 Å². The molecular weight excluding hydrogens is 348 g/mol. The van der Waals surface area contributed by atoms with Crippen LogP contribution >= 0.6 is 0 Å². The fraction of sp³-hybridized carbons (Fsp3) is 0.700. The lowest BCUT2D eigenvalue weighted by molar-refractivity contribution is 0.0528. The van der Waals surface area contributed by atoms with E-state index in [0.717, 1.165) is 12.0 Å². The topological polar surface area (TPSA) is 78.9 Å². The number of methoxy groups -OCH3 is 2. The molecule has 0 unspecified atom stereocenters. The maximum atomic E-state index is 11.6. The average molecular weight is 385 g/mol. The molecule has 1 amide bonds. The van der Waals surface area contributed by atoms with Crippen LogP contribution in [0.5, 0.6) is 11.6 Å². The lowest BCUT2D eigenvalue weighted by Gasteiger charge is -2.19. The molecule has 27 heavy (non-hydrogen) atoms. The van der Waals surface area contributed by atoms with E-state index in [1.165, 1.54) is 6.42 Å². The van der Waals surface area contributed by atoms with Crippen molar-refractivity contribution in [2.75, 3.05) is 34.0 Å². The zero-order chi connectivity index (χ0) is 20.7. The minimum atomic E-state index is -0.505. The first-order valence-corrected chi connectivity index (χ1v) is 9.38. The van der Waals surface area contributed by atoms with Crippen molar-refractivity contribution in [3.05, 3.63) is 17.8 Å². The molecular formula is C20H36N2O5. The third kappa shape index (κ3) is 12.9. The summed E-state index contributed by atoms with van der Waals surface area (Å²) in [5.41, 5.74) is 0.434. The van der Waals surface area contributed by atoms with Gasteiger partial charge in [0.2, 0.25) is 0 Å². The number of nitrogens with one attached hydrogen (secondary N) is 1. The number of aromatic nitrogens is 1. The number of ether oxygens (including phenoxy) is 4. The fourth-order valence-electron chi connectivity index (χ4n) is 1.87. The van der Waals surface area contributed by atoms with Crippen LogP contribution in [0.4, 0.5) is 4.79 Å². The van der Waals surface area contributed by atoms with Gasteiger partial charge in [-0.3, -0.25) is 0 Å². The van der Waals surface area contributed by atoms with Gasteiger partial charge in [0.15, 0.2) is 5.75 Å². The molecule has 7 heteroatoms. The maximum Gasteiger partial charge on any atom is 0.407 e. The Labute approximate surface area is 163 Å². The fourth-order valence-corrected chi connectivity index (χ4v) is 1.87. The Balaban J connectivity index is 0.00000210. The average Bonchev–Trinajstić information content (AvgIpc) is 2.58. The number of amides is 1. The second-order valence-corrected chi connectivity index (χ2v) is 6.93. The molecule has 0 aliphatic rings. The van der Waals surface area contributed by atoms with Crippen LogP contribution in [-0.4, -0.2) is 50.7 Å². The molecule has 0 spiro atoms. The highest BCUT2D eigenvalue weighted by Crippen LogP contribution is 2.25. The molecule has 1 heterocycles. The summed E-state index contributed by atoms with van der Waals surface area (Å²) in [6.45, 7) is 11.3. The Bertz CT molecular complexity index is 530. The minimum absolute atomic E-state index is 0.431. The van der Waals surface area contributed by atoms with E-state index < -0.39 is 11.7 Å². The van der Waals surface area contributed by atoms with Crippen LogP contribution in [0.25, 0.3) is 0 Å². The first-order chi connectivity index (χ1) is 12.8. The Morgan fingerprint density at radius 3 is 2.41 bits per heavy atom. The lowest BCUT2D eigenvalue weighted by atomic mass is 10.2. The number of rotatable bonds is 9. The number of hydrogen-bond donors (Lipinski definition) is 1. The predicted octanol–water partition coefficient (Wildman–Crippen LogP) is 3.99. The van der Waals surface area contributed by atoms with Gasteiger partial charge in [0.05, 0.1) is 13.7 Å². The van der Waals surface area contributed by atoms with Crippen molar-refractivity contribution in [2.24, 2.45) is 0 Å². The van der Waals surface area contributed by atoms with E-state index in [1.807, 2.05) is 26.8 Å². The number of pyridine rings is 1. The van der Waals surface area contributed by atoms with Gasteiger partial charge in [-0.25, -0.2) is 9.78 Å². The number of carbonyl (C=O) groups is 1. The monoisotopic (exact) mass is 384 g/mol. The molecule has 1 rings (SSSR count). The highest BCUT2D eigenvalue weighted by atomic mass is 16.6. The predicted molar refractivity (Wildman–Crippen MR) is 107 cm³/mol. The molecule has 0 bridgehead atoms. The van der Waals surface area contributed by atoms with Gasteiger partial charge in [0, 0.05) is 32.9 Å². The molecule has 0 atom stereocenters. The van der Waals surface area contributed by atoms with Gasteiger partial charge in [0.25, 0.3) is 5.88 Å². The van der Waals surface area contributed by atoms with E-state index in [2.05, 4.69) is 24.1 Å². The van der Waals surface area contributed by atoms with Crippen molar-refractivity contribution in [1.29, 1.82) is 0 Å². The zero-order valence-corrected chi connectivity index (χ0v) is 17.9. The molecule has 0 aliphatic carbocycles. The molecule has 1 aromatic heterocycles. The molecule has 1 N–H and O–H groups in total. The normalized spacial score (nSPS) is 10.5. The molecule has 0 fully saturated rings. The number of nitrogens with zero attached hydrogens (tertiary/aromatic N) is 1. The van der Waals surface area contributed by atoms with Gasteiger partial charge in [0.1, 0.15) is 5.60 Å². The summed E-state index contributed by atoms with van der Waals surface area (Å²) in [6, 6.07) is 1.87. The molecule has 1 aromatic rings. The first-order valence-electron chi connectivity index (χ1n) is 9.38. The van der Waals surface area contributed by atoms with Crippen LogP contribution in [0.2, 0.25) is 0 Å². The van der Waals surface area contributed by atoms with Crippen LogP contribution in [-0.2, 0) is 15.9 Å². The third-order valence-electron chi connectivity index (χ3n) is 2.90. The maximum absolute atomic E-state index is 11.6. The van der Waals surface area contributed by atoms with Crippen molar-refractivity contribution in [3.8, 4) is 11.6 Å². The highest BCUT2D eigenvalue weighted by Gasteiger charge is 2.15. The van der Waals surface area contributed by atoms with Crippen molar-refractivity contribution in [3.63, 3.8) is 0 Å². The summed E-state index contributed by atoms with van der Waals surface area (Å²) in [6.07, 6.45) is 3.92. The molecule has 0 aliphatic heterocycles. The lowest BCUT2D eigenvalue weighted by Crippen LogP contribution is -2.33. The SMILES string of the molecule is CCC.COCCCOc1cc(CCNC(=O)OC(C)(C)C)cnc1OC. The summed E-state index contributed by atoms with van der Waals surface area (Å²) in [5, 5.41) is 2.72. The van der Waals surface area contributed by atoms with Gasteiger partial charge in [-0.1, -0.05) is 20.3 Å². The van der Waals surface area contributed by atoms with E-state index >= 15 is 0 Å². The molecule has 0 saturated heterocycles. The van der Waals surface area contributed by atoms with Crippen LogP contribution in [0.1, 0.15) is 53.0 Å². The van der Waals surface area contributed by atoms with Crippen LogP contribution in [0.15, 0.2) is 12.3 Å². The summed E-state index contributed by atoms with van der Waals surface area (Å²) in [4.78, 5) is 15.8. The van der Waals surface area contributed by atoms with E-state index in [9.17, 15) is 4.79 Å². The Morgan fingerprint density at radius 1 is 1.19 bits per heavy atom. The zero-order valence-electron chi connectivity index (χ0n) is 17.9. The second kappa shape index (κ2) is 14.1. The number of alkyl carbamates (subject to hydrolysis) is 1. The summed E-state index contributed by atoms with van der Waals surface area (Å²) < 4.78 is 21.1. The van der Waals surface area contributed by atoms with Gasteiger partial charge < -0.3 is 24.3 Å². The summed E-state index contributed by atoms with van der Waals surface area (Å²) in [7, 11) is 3.20. The molecule has 156 valence electrons.